The Bertz CT molecular complexity index is 566. The number of rotatable bonds is 5. The lowest BCUT2D eigenvalue weighted by Gasteiger charge is -2.35. The molecule has 1 aliphatic rings. The largest absolute Gasteiger partial charge is 0.393 e. The van der Waals surface area contributed by atoms with E-state index in [0.29, 0.717) is 42.1 Å². The van der Waals surface area contributed by atoms with Crippen LogP contribution in [-0.2, 0) is 0 Å². The molecule has 2 heterocycles. The van der Waals surface area contributed by atoms with E-state index in [9.17, 15) is 9.90 Å². The Morgan fingerprint density at radius 3 is 2.50 bits per heavy atom. The van der Waals surface area contributed by atoms with Gasteiger partial charge in [-0.25, -0.2) is 9.97 Å². The lowest BCUT2D eigenvalue weighted by Crippen LogP contribution is -2.41. The van der Waals surface area contributed by atoms with Gasteiger partial charge in [0, 0.05) is 33.4 Å². The lowest BCUT2D eigenvalue weighted by atomic mass is 9.87. The minimum Gasteiger partial charge on any atom is -0.393 e. The number of carbonyl (C=O) groups excluding carboxylic acids is 1. The van der Waals surface area contributed by atoms with Gasteiger partial charge in [0.05, 0.1) is 17.4 Å². The first-order chi connectivity index (χ1) is 11.3. The van der Waals surface area contributed by atoms with Crippen LogP contribution in [0.4, 0.5) is 5.95 Å². The average Bonchev–Trinajstić information content (AvgIpc) is 2.53. The van der Waals surface area contributed by atoms with Crippen LogP contribution in [-0.4, -0.2) is 59.2 Å². The molecule has 24 heavy (non-hydrogen) atoms. The molecule has 6 nitrogen and oxygen atoms in total. The summed E-state index contributed by atoms with van der Waals surface area (Å²) in [5.41, 5.74) is 1.28. The van der Waals surface area contributed by atoms with Crippen LogP contribution in [0.1, 0.15) is 49.2 Å². The molecule has 134 valence electrons. The SMILES string of the molecule is Cc1nc(N(C)C)ncc1C(=O)N1CCC([C@H](O)CC(C)C)CC1. The predicted molar refractivity (Wildman–Crippen MR) is 95.2 cm³/mol. The summed E-state index contributed by atoms with van der Waals surface area (Å²) in [5, 5.41) is 10.3. The van der Waals surface area contributed by atoms with E-state index in [2.05, 4.69) is 23.8 Å². The van der Waals surface area contributed by atoms with E-state index in [1.54, 1.807) is 6.20 Å². The fourth-order valence-corrected chi connectivity index (χ4v) is 3.21. The van der Waals surface area contributed by atoms with Gasteiger partial charge >= 0.3 is 0 Å². The number of aryl methyl sites for hydroxylation is 1. The highest BCUT2D eigenvalue weighted by Crippen LogP contribution is 2.25. The summed E-state index contributed by atoms with van der Waals surface area (Å²) in [7, 11) is 3.76. The molecule has 1 atom stereocenters. The maximum Gasteiger partial charge on any atom is 0.257 e. The van der Waals surface area contributed by atoms with Crippen molar-refractivity contribution in [2.45, 2.75) is 46.1 Å². The van der Waals surface area contributed by atoms with E-state index in [4.69, 9.17) is 0 Å². The van der Waals surface area contributed by atoms with Crippen LogP contribution in [0, 0.1) is 18.8 Å². The number of carbonyl (C=O) groups is 1. The summed E-state index contributed by atoms with van der Waals surface area (Å²) in [4.78, 5) is 25.1. The van der Waals surface area contributed by atoms with Crippen LogP contribution < -0.4 is 4.90 Å². The molecular formula is C18H30N4O2. The summed E-state index contributed by atoms with van der Waals surface area (Å²) >= 11 is 0. The topological polar surface area (TPSA) is 69.6 Å². The molecule has 1 aliphatic heterocycles. The molecule has 1 saturated heterocycles. The minimum absolute atomic E-state index is 0.00499. The Kier molecular flexibility index (Phi) is 6.15. The number of aromatic nitrogens is 2. The molecule has 2 rings (SSSR count). The van der Waals surface area contributed by atoms with Crippen LogP contribution in [0.25, 0.3) is 0 Å². The molecule has 0 aromatic carbocycles. The van der Waals surface area contributed by atoms with Gasteiger partial charge in [0.1, 0.15) is 0 Å². The van der Waals surface area contributed by atoms with Crippen LogP contribution in [0.15, 0.2) is 6.20 Å². The first-order valence-corrected chi connectivity index (χ1v) is 8.78. The highest BCUT2D eigenvalue weighted by Gasteiger charge is 2.29. The zero-order chi connectivity index (χ0) is 17.9. The van der Waals surface area contributed by atoms with Crippen molar-refractivity contribution >= 4 is 11.9 Å². The van der Waals surface area contributed by atoms with Gasteiger partial charge < -0.3 is 14.9 Å². The number of nitrogens with zero attached hydrogens (tertiary/aromatic N) is 4. The first-order valence-electron chi connectivity index (χ1n) is 8.78. The smallest absolute Gasteiger partial charge is 0.257 e. The van der Waals surface area contributed by atoms with Crippen molar-refractivity contribution in [3.63, 3.8) is 0 Å². The number of aliphatic hydroxyl groups is 1. The highest BCUT2D eigenvalue weighted by molar-refractivity contribution is 5.95. The van der Waals surface area contributed by atoms with Crippen molar-refractivity contribution in [3.05, 3.63) is 17.5 Å². The molecule has 0 bridgehead atoms. The molecule has 0 spiro atoms. The molecule has 1 aromatic heterocycles. The number of aliphatic hydroxyl groups excluding tert-OH is 1. The van der Waals surface area contributed by atoms with Crippen molar-refractivity contribution in [3.8, 4) is 0 Å². The van der Waals surface area contributed by atoms with Crippen LogP contribution in [0.3, 0.4) is 0 Å². The maximum atomic E-state index is 12.7. The van der Waals surface area contributed by atoms with Gasteiger partial charge in [-0.1, -0.05) is 13.8 Å². The third-order valence-electron chi connectivity index (χ3n) is 4.68. The quantitative estimate of drug-likeness (QED) is 0.893. The molecule has 0 saturated carbocycles. The Hall–Kier alpha value is -1.69. The van der Waals surface area contributed by atoms with E-state index in [-0.39, 0.29) is 12.0 Å². The summed E-state index contributed by atoms with van der Waals surface area (Å²) in [6.07, 6.45) is 3.91. The zero-order valence-electron chi connectivity index (χ0n) is 15.5. The maximum absolute atomic E-state index is 12.7. The molecule has 1 fully saturated rings. The summed E-state index contributed by atoms with van der Waals surface area (Å²) < 4.78 is 0. The Morgan fingerprint density at radius 2 is 2.00 bits per heavy atom. The monoisotopic (exact) mass is 334 g/mol. The molecule has 1 amide bonds. The highest BCUT2D eigenvalue weighted by atomic mass is 16.3. The fourth-order valence-electron chi connectivity index (χ4n) is 3.21. The van der Waals surface area contributed by atoms with Crippen LogP contribution in [0.2, 0.25) is 0 Å². The van der Waals surface area contributed by atoms with E-state index in [0.717, 1.165) is 19.3 Å². The Balaban J connectivity index is 1.98. The predicted octanol–water partition coefficient (Wildman–Crippen LogP) is 2.11. The van der Waals surface area contributed by atoms with E-state index in [1.807, 2.05) is 30.8 Å². The normalized spacial score (nSPS) is 17.2. The Labute approximate surface area is 144 Å². The molecule has 0 aliphatic carbocycles. The number of anilines is 1. The molecular weight excluding hydrogens is 304 g/mol. The number of piperidine rings is 1. The van der Waals surface area contributed by atoms with Crippen LogP contribution >= 0.6 is 0 Å². The molecule has 1 N–H and O–H groups in total. The van der Waals surface area contributed by atoms with Crippen LogP contribution in [0.5, 0.6) is 0 Å². The second-order valence-electron chi connectivity index (χ2n) is 7.39. The molecule has 0 radical (unpaired) electrons. The average molecular weight is 334 g/mol. The number of likely N-dealkylation sites (tertiary alicyclic amines) is 1. The van der Waals surface area contributed by atoms with Gasteiger partial charge in [0.15, 0.2) is 0 Å². The fraction of sp³-hybridized carbons (Fsp3) is 0.722. The third-order valence-corrected chi connectivity index (χ3v) is 4.68. The first kappa shape index (κ1) is 18.6. The second kappa shape index (κ2) is 7.92. The van der Waals surface area contributed by atoms with Gasteiger partial charge in [-0.2, -0.15) is 0 Å². The molecule has 0 unspecified atom stereocenters. The van der Waals surface area contributed by atoms with E-state index < -0.39 is 0 Å². The van der Waals surface area contributed by atoms with Gasteiger partial charge in [0.25, 0.3) is 5.91 Å². The van der Waals surface area contributed by atoms with E-state index >= 15 is 0 Å². The van der Waals surface area contributed by atoms with Gasteiger partial charge in [-0.05, 0) is 38.0 Å². The summed E-state index contributed by atoms with van der Waals surface area (Å²) in [6, 6.07) is 0. The zero-order valence-corrected chi connectivity index (χ0v) is 15.5. The van der Waals surface area contributed by atoms with E-state index in [1.165, 1.54) is 0 Å². The third kappa shape index (κ3) is 4.44. The van der Waals surface area contributed by atoms with Crippen molar-refractivity contribution in [2.75, 3.05) is 32.1 Å². The number of hydrogen-bond donors (Lipinski definition) is 1. The number of hydrogen-bond acceptors (Lipinski definition) is 5. The van der Waals surface area contributed by atoms with Crippen molar-refractivity contribution in [2.24, 2.45) is 11.8 Å². The van der Waals surface area contributed by atoms with Gasteiger partial charge in [0.2, 0.25) is 5.95 Å². The second-order valence-corrected chi connectivity index (χ2v) is 7.39. The van der Waals surface area contributed by atoms with Gasteiger partial charge in [-0.15, -0.1) is 0 Å². The van der Waals surface area contributed by atoms with Crippen molar-refractivity contribution in [1.82, 2.24) is 14.9 Å². The summed E-state index contributed by atoms with van der Waals surface area (Å²) in [5.74, 6) is 1.40. The van der Waals surface area contributed by atoms with Gasteiger partial charge in [-0.3, -0.25) is 4.79 Å². The summed E-state index contributed by atoms with van der Waals surface area (Å²) in [6.45, 7) is 7.48. The molecule has 6 heteroatoms. The lowest BCUT2D eigenvalue weighted by molar-refractivity contribution is 0.0384. The van der Waals surface area contributed by atoms with Crippen molar-refractivity contribution < 1.29 is 9.90 Å². The molecule has 1 aromatic rings. The number of amides is 1. The standard InChI is InChI=1S/C18H30N4O2/c1-12(2)10-16(23)14-6-8-22(9-7-14)17(24)15-11-19-18(21(4)5)20-13(15)3/h11-12,14,16,23H,6-10H2,1-5H3/t16-/m1/s1. The van der Waals surface area contributed by atoms with Crippen molar-refractivity contribution in [1.29, 1.82) is 0 Å². The minimum atomic E-state index is -0.258. The Morgan fingerprint density at radius 1 is 1.38 bits per heavy atom.